The average molecular weight is 660 g/mol. The number of imidazole rings is 1. The Morgan fingerprint density at radius 3 is 2.42 bits per heavy atom. The molecule has 1 aromatic heterocycles. The molecular formula is C35H45N7O6. The summed E-state index contributed by atoms with van der Waals surface area (Å²) in [7, 11) is 0. The van der Waals surface area contributed by atoms with Crippen LogP contribution >= 0.6 is 0 Å². The van der Waals surface area contributed by atoms with Gasteiger partial charge < -0.3 is 39.5 Å². The number of likely N-dealkylation sites (tertiary alicyclic amines) is 1. The van der Waals surface area contributed by atoms with Crippen LogP contribution in [0.3, 0.4) is 0 Å². The van der Waals surface area contributed by atoms with E-state index >= 15 is 0 Å². The Morgan fingerprint density at radius 1 is 0.896 bits per heavy atom. The molecule has 4 amide bonds. The maximum absolute atomic E-state index is 14.1. The van der Waals surface area contributed by atoms with Gasteiger partial charge in [-0.25, -0.2) is 14.4 Å². The second kappa shape index (κ2) is 14.0. The fraction of sp³-hybridized carbons (Fsp3) is 0.543. The number of para-hydroxylation sites is 1. The Balaban J connectivity index is 1.01. The smallest absolute Gasteiger partial charge is 0.410 e. The van der Waals surface area contributed by atoms with E-state index in [1.807, 2.05) is 53.1 Å². The number of urea groups is 1. The molecular weight excluding hydrogens is 614 g/mol. The summed E-state index contributed by atoms with van der Waals surface area (Å²) in [6.45, 7) is 7.62. The highest BCUT2D eigenvalue weighted by atomic mass is 16.6. The number of anilines is 1. The molecule has 7 rings (SSSR count). The SMILES string of the molecule is Cc1cc(C[C@@H](OC(=O)N2CCC(N3CCc4ccccc4NC3=O)CC2)C(=O)N2CCN(C3CCOCC3)CC2)cc2[nH]c(=O)[nH]c12. The van der Waals surface area contributed by atoms with Gasteiger partial charge in [-0.2, -0.15) is 0 Å². The molecule has 3 saturated heterocycles. The normalized spacial score (nSPS) is 20.7. The number of H-pyrrole nitrogens is 2. The molecule has 2 aromatic carbocycles. The number of nitrogens with one attached hydrogen (secondary N) is 3. The highest BCUT2D eigenvalue weighted by molar-refractivity contribution is 5.91. The molecule has 3 fully saturated rings. The topological polar surface area (TPSA) is 143 Å². The second-order valence-corrected chi connectivity index (χ2v) is 13.4. The minimum absolute atomic E-state index is 0.00558. The zero-order chi connectivity index (χ0) is 33.2. The zero-order valence-corrected chi connectivity index (χ0v) is 27.5. The number of hydrogen-bond acceptors (Lipinski definition) is 7. The van der Waals surface area contributed by atoms with Crippen molar-refractivity contribution in [3.05, 3.63) is 63.6 Å². The molecule has 13 nitrogen and oxygen atoms in total. The predicted molar refractivity (Wildman–Crippen MR) is 180 cm³/mol. The van der Waals surface area contributed by atoms with Gasteiger partial charge in [-0.15, -0.1) is 0 Å². The minimum Gasteiger partial charge on any atom is -0.436 e. The number of rotatable bonds is 6. The third-order valence-corrected chi connectivity index (χ3v) is 10.5. The number of amides is 4. The third kappa shape index (κ3) is 6.93. The quantitative estimate of drug-likeness (QED) is 0.369. The molecule has 0 bridgehead atoms. The van der Waals surface area contributed by atoms with Crippen molar-refractivity contribution in [2.75, 3.05) is 64.3 Å². The summed E-state index contributed by atoms with van der Waals surface area (Å²) in [4.78, 5) is 66.2. The van der Waals surface area contributed by atoms with E-state index in [2.05, 4.69) is 20.2 Å². The standard InChI is InChI=1S/C35H45N7O6/c1-23-20-24(21-29-31(23)38-33(44)36-29)22-30(32(43)40-16-14-39(15-17-40)26-9-18-47-19-10-26)48-35(46)41-11-7-27(8-12-41)42-13-6-25-4-2-3-5-28(25)37-34(42)45/h2-5,20-21,26-27,30H,6-19,22H2,1H3,(H,37,45)(H2,36,38,44)/t30-/m1/s1. The first kappa shape index (κ1) is 32.2. The summed E-state index contributed by atoms with van der Waals surface area (Å²) >= 11 is 0. The Bertz CT molecular complexity index is 1700. The van der Waals surface area contributed by atoms with Crippen molar-refractivity contribution in [2.45, 2.75) is 63.6 Å². The van der Waals surface area contributed by atoms with Crippen molar-refractivity contribution in [1.82, 2.24) is 29.6 Å². The van der Waals surface area contributed by atoms with E-state index in [4.69, 9.17) is 9.47 Å². The Hall–Kier alpha value is -4.36. The van der Waals surface area contributed by atoms with Crippen molar-refractivity contribution in [3.8, 4) is 0 Å². The van der Waals surface area contributed by atoms with Crippen LogP contribution in [-0.2, 0) is 27.1 Å². The second-order valence-electron chi connectivity index (χ2n) is 13.4. The van der Waals surface area contributed by atoms with E-state index in [9.17, 15) is 19.2 Å². The van der Waals surface area contributed by atoms with Gasteiger partial charge in [-0.1, -0.05) is 24.3 Å². The Morgan fingerprint density at radius 2 is 1.65 bits per heavy atom. The predicted octanol–water partition coefficient (Wildman–Crippen LogP) is 3.09. The number of piperazine rings is 1. The molecule has 0 radical (unpaired) electrons. The lowest BCUT2D eigenvalue weighted by Gasteiger charge is -2.41. The van der Waals surface area contributed by atoms with Gasteiger partial charge in [-0.3, -0.25) is 9.69 Å². The van der Waals surface area contributed by atoms with Crippen LogP contribution in [0.2, 0.25) is 0 Å². The summed E-state index contributed by atoms with van der Waals surface area (Å²) in [6, 6.07) is 12.0. The number of benzene rings is 2. The lowest BCUT2D eigenvalue weighted by atomic mass is 10.0. The van der Waals surface area contributed by atoms with E-state index in [1.54, 1.807) is 4.90 Å². The van der Waals surface area contributed by atoms with Crippen LogP contribution in [0.25, 0.3) is 11.0 Å². The summed E-state index contributed by atoms with van der Waals surface area (Å²) in [5.74, 6) is -0.203. The zero-order valence-electron chi connectivity index (χ0n) is 27.5. The van der Waals surface area contributed by atoms with Crippen LogP contribution in [0.1, 0.15) is 42.4 Å². The fourth-order valence-electron chi connectivity index (χ4n) is 7.76. The van der Waals surface area contributed by atoms with Gasteiger partial charge in [0, 0.05) is 83.2 Å². The summed E-state index contributed by atoms with van der Waals surface area (Å²) in [5, 5.41) is 3.04. The largest absolute Gasteiger partial charge is 0.436 e. The summed E-state index contributed by atoms with van der Waals surface area (Å²) in [6.07, 6.45) is 2.69. The number of aromatic nitrogens is 2. The third-order valence-electron chi connectivity index (χ3n) is 10.5. The lowest BCUT2D eigenvalue weighted by Crippen LogP contribution is -2.56. The molecule has 256 valence electrons. The number of hydrogen-bond donors (Lipinski definition) is 3. The number of carbonyl (C=O) groups excluding carboxylic acids is 3. The van der Waals surface area contributed by atoms with Gasteiger partial charge in [0.25, 0.3) is 5.91 Å². The molecule has 3 aromatic rings. The highest BCUT2D eigenvalue weighted by Gasteiger charge is 2.36. The fourth-order valence-corrected chi connectivity index (χ4v) is 7.76. The molecule has 1 atom stereocenters. The van der Waals surface area contributed by atoms with Gasteiger partial charge in [0.05, 0.1) is 11.0 Å². The molecule has 0 spiro atoms. The first-order valence-electron chi connectivity index (χ1n) is 17.3. The number of aromatic amines is 2. The van der Waals surface area contributed by atoms with Gasteiger partial charge in [0.15, 0.2) is 6.10 Å². The van der Waals surface area contributed by atoms with Crippen molar-refractivity contribution in [1.29, 1.82) is 0 Å². The first-order chi connectivity index (χ1) is 23.3. The molecule has 0 aliphatic carbocycles. The Kier molecular flexibility index (Phi) is 9.40. The molecule has 0 saturated carbocycles. The first-order valence-corrected chi connectivity index (χ1v) is 17.3. The molecule has 48 heavy (non-hydrogen) atoms. The van der Waals surface area contributed by atoms with Crippen LogP contribution in [-0.4, -0.2) is 125 Å². The number of fused-ring (bicyclic) bond motifs is 2. The van der Waals surface area contributed by atoms with Crippen molar-refractivity contribution in [3.63, 3.8) is 0 Å². The van der Waals surface area contributed by atoms with Gasteiger partial charge >= 0.3 is 17.8 Å². The van der Waals surface area contributed by atoms with Crippen molar-refractivity contribution in [2.24, 2.45) is 0 Å². The number of ether oxygens (including phenoxy) is 2. The van der Waals surface area contributed by atoms with Crippen LogP contribution in [0.5, 0.6) is 0 Å². The van der Waals surface area contributed by atoms with E-state index in [1.165, 1.54) is 0 Å². The lowest BCUT2D eigenvalue weighted by molar-refractivity contribution is -0.143. The molecule has 5 heterocycles. The molecule has 3 N–H and O–H groups in total. The van der Waals surface area contributed by atoms with E-state index < -0.39 is 12.2 Å². The number of piperidine rings is 1. The van der Waals surface area contributed by atoms with Gasteiger partial charge in [0.1, 0.15) is 0 Å². The van der Waals surface area contributed by atoms with Crippen LogP contribution < -0.4 is 11.0 Å². The van der Waals surface area contributed by atoms with Crippen LogP contribution in [0.4, 0.5) is 15.3 Å². The Labute approximate surface area is 279 Å². The highest BCUT2D eigenvalue weighted by Crippen LogP contribution is 2.26. The van der Waals surface area contributed by atoms with Crippen LogP contribution in [0, 0.1) is 6.92 Å². The summed E-state index contributed by atoms with van der Waals surface area (Å²) in [5.41, 5.74) is 4.71. The maximum atomic E-state index is 14.1. The van der Waals surface area contributed by atoms with E-state index in [0.29, 0.717) is 57.1 Å². The van der Waals surface area contributed by atoms with E-state index in [-0.39, 0.29) is 30.1 Å². The van der Waals surface area contributed by atoms with E-state index in [0.717, 1.165) is 73.5 Å². The summed E-state index contributed by atoms with van der Waals surface area (Å²) < 4.78 is 11.6. The molecule has 13 heteroatoms. The monoisotopic (exact) mass is 659 g/mol. The number of aryl methyl sites for hydroxylation is 1. The minimum atomic E-state index is -1.01. The van der Waals surface area contributed by atoms with Crippen molar-refractivity contribution < 1.29 is 23.9 Å². The molecule has 0 unspecified atom stereocenters. The van der Waals surface area contributed by atoms with Gasteiger partial charge in [-0.05, 0) is 67.9 Å². The maximum Gasteiger partial charge on any atom is 0.410 e. The molecule has 4 aliphatic rings. The van der Waals surface area contributed by atoms with Crippen LogP contribution in [0.15, 0.2) is 41.2 Å². The number of nitrogens with zero attached hydrogens (tertiary/aromatic N) is 4. The number of carbonyl (C=O) groups is 3. The van der Waals surface area contributed by atoms with Gasteiger partial charge in [0.2, 0.25) is 0 Å². The molecule has 4 aliphatic heterocycles. The van der Waals surface area contributed by atoms with Crippen molar-refractivity contribution >= 4 is 34.8 Å². The average Bonchev–Trinajstić information content (AvgIpc) is 3.40.